The van der Waals surface area contributed by atoms with Crippen LogP contribution in [0.25, 0.3) is 0 Å². The Kier molecular flexibility index (Phi) is 5.16. The molecule has 23 heavy (non-hydrogen) atoms. The van der Waals surface area contributed by atoms with E-state index in [1.807, 2.05) is 30.3 Å². The third-order valence-electron chi connectivity index (χ3n) is 3.62. The van der Waals surface area contributed by atoms with Crippen molar-refractivity contribution in [3.63, 3.8) is 0 Å². The molecule has 1 unspecified atom stereocenters. The zero-order valence-electron chi connectivity index (χ0n) is 12.8. The lowest BCUT2D eigenvalue weighted by atomic mass is 10.2. The summed E-state index contributed by atoms with van der Waals surface area (Å²) in [5, 5.41) is 2.83. The number of nitrogens with one attached hydrogen (secondary N) is 1. The minimum Gasteiger partial charge on any atom is -0.473 e. The lowest BCUT2D eigenvalue weighted by molar-refractivity contribution is 0.0853. The van der Waals surface area contributed by atoms with Crippen molar-refractivity contribution in [2.45, 2.75) is 25.6 Å². The molecule has 1 fully saturated rings. The highest BCUT2D eigenvalue weighted by atomic mass is 16.5. The van der Waals surface area contributed by atoms with E-state index in [4.69, 9.17) is 9.47 Å². The Morgan fingerprint density at radius 3 is 2.96 bits per heavy atom. The summed E-state index contributed by atoms with van der Waals surface area (Å²) < 4.78 is 11.1. The molecular weight excluding hydrogens is 294 g/mol. The minimum atomic E-state index is -0.243. The fourth-order valence-electron chi connectivity index (χ4n) is 2.38. The third kappa shape index (κ3) is 4.50. The van der Waals surface area contributed by atoms with E-state index in [9.17, 15) is 4.79 Å². The standard InChI is InChI=1S/C17H19N3O3/c21-17(18-10-14-7-4-8-22-14)15-9-16(20-12-19-15)23-11-13-5-2-1-3-6-13/h1-3,5-6,9,12,14H,4,7-8,10-11H2,(H,18,21). The highest BCUT2D eigenvalue weighted by Crippen LogP contribution is 2.12. The van der Waals surface area contributed by atoms with E-state index < -0.39 is 0 Å². The Bertz CT molecular complexity index is 643. The first kappa shape index (κ1) is 15.4. The van der Waals surface area contributed by atoms with Crippen molar-refractivity contribution in [2.24, 2.45) is 0 Å². The molecule has 0 radical (unpaired) electrons. The van der Waals surface area contributed by atoms with Gasteiger partial charge in [-0.1, -0.05) is 30.3 Å². The van der Waals surface area contributed by atoms with Gasteiger partial charge in [-0.15, -0.1) is 0 Å². The Balaban J connectivity index is 1.54. The fourth-order valence-corrected chi connectivity index (χ4v) is 2.38. The maximum Gasteiger partial charge on any atom is 0.270 e. The molecule has 1 aliphatic heterocycles. The lowest BCUT2D eigenvalue weighted by Gasteiger charge is -2.11. The van der Waals surface area contributed by atoms with Crippen LogP contribution >= 0.6 is 0 Å². The summed E-state index contributed by atoms with van der Waals surface area (Å²) in [5.74, 6) is 0.138. The van der Waals surface area contributed by atoms with Crippen LogP contribution in [-0.4, -0.2) is 35.1 Å². The van der Waals surface area contributed by atoms with Gasteiger partial charge >= 0.3 is 0 Å². The molecule has 0 spiro atoms. The zero-order valence-corrected chi connectivity index (χ0v) is 12.8. The number of amides is 1. The molecular formula is C17H19N3O3. The summed E-state index contributed by atoms with van der Waals surface area (Å²) in [7, 11) is 0. The molecule has 3 rings (SSSR count). The van der Waals surface area contributed by atoms with E-state index in [-0.39, 0.29) is 12.0 Å². The van der Waals surface area contributed by atoms with Crippen molar-refractivity contribution in [3.05, 3.63) is 54.0 Å². The van der Waals surface area contributed by atoms with Crippen molar-refractivity contribution in [2.75, 3.05) is 13.2 Å². The summed E-state index contributed by atoms with van der Waals surface area (Å²) in [5.41, 5.74) is 1.33. The Morgan fingerprint density at radius 1 is 1.30 bits per heavy atom. The average molecular weight is 313 g/mol. The largest absolute Gasteiger partial charge is 0.473 e. The van der Waals surface area contributed by atoms with Crippen LogP contribution in [0.5, 0.6) is 5.88 Å². The van der Waals surface area contributed by atoms with Crippen molar-refractivity contribution >= 4 is 5.91 Å². The van der Waals surface area contributed by atoms with Gasteiger partial charge in [0.1, 0.15) is 18.6 Å². The number of aromatic nitrogens is 2. The number of rotatable bonds is 6. The molecule has 1 aliphatic rings. The van der Waals surface area contributed by atoms with E-state index in [2.05, 4.69) is 15.3 Å². The van der Waals surface area contributed by atoms with Gasteiger partial charge in [0.25, 0.3) is 5.91 Å². The summed E-state index contributed by atoms with van der Waals surface area (Å²) in [6, 6.07) is 11.3. The summed E-state index contributed by atoms with van der Waals surface area (Å²) in [6.45, 7) is 1.67. The number of carbonyl (C=O) groups is 1. The molecule has 1 amide bonds. The molecule has 0 bridgehead atoms. The summed E-state index contributed by atoms with van der Waals surface area (Å²) in [6.07, 6.45) is 3.47. The second-order valence-electron chi connectivity index (χ2n) is 5.36. The number of benzene rings is 1. The van der Waals surface area contributed by atoms with Gasteiger partial charge in [0.05, 0.1) is 6.10 Å². The first-order chi connectivity index (χ1) is 11.3. The topological polar surface area (TPSA) is 73.3 Å². The maximum atomic E-state index is 12.1. The molecule has 0 saturated carbocycles. The second kappa shape index (κ2) is 7.69. The lowest BCUT2D eigenvalue weighted by Crippen LogP contribution is -2.32. The highest BCUT2D eigenvalue weighted by molar-refractivity contribution is 5.92. The monoisotopic (exact) mass is 313 g/mol. The molecule has 6 heteroatoms. The van der Waals surface area contributed by atoms with Gasteiger partial charge in [-0.05, 0) is 18.4 Å². The van der Waals surface area contributed by atoms with E-state index in [0.29, 0.717) is 24.7 Å². The van der Waals surface area contributed by atoms with E-state index in [1.165, 1.54) is 6.33 Å². The molecule has 120 valence electrons. The predicted molar refractivity (Wildman–Crippen MR) is 84.1 cm³/mol. The van der Waals surface area contributed by atoms with Crippen LogP contribution in [0.15, 0.2) is 42.7 Å². The molecule has 1 saturated heterocycles. The average Bonchev–Trinajstić information content (AvgIpc) is 3.12. The number of hydrogen-bond acceptors (Lipinski definition) is 5. The molecule has 6 nitrogen and oxygen atoms in total. The minimum absolute atomic E-state index is 0.106. The van der Waals surface area contributed by atoms with Crippen LogP contribution in [0.4, 0.5) is 0 Å². The maximum absolute atomic E-state index is 12.1. The summed E-state index contributed by atoms with van der Waals surface area (Å²) in [4.78, 5) is 20.1. The quantitative estimate of drug-likeness (QED) is 0.882. The molecule has 1 aromatic heterocycles. The smallest absolute Gasteiger partial charge is 0.270 e. The van der Waals surface area contributed by atoms with Crippen molar-refractivity contribution < 1.29 is 14.3 Å². The molecule has 1 atom stereocenters. The molecule has 2 heterocycles. The highest BCUT2D eigenvalue weighted by Gasteiger charge is 2.17. The van der Waals surface area contributed by atoms with Crippen LogP contribution in [0.3, 0.4) is 0 Å². The van der Waals surface area contributed by atoms with Gasteiger partial charge < -0.3 is 14.8 Å². The number of ether oxygens (including phenoxy) is 2. The fraction of sp³-hybridized carbons (Fsp3) is 0.353. The first-order valence-electron chi connectivity index (χ1n) is 7.70. The summed E-state index contributed by atoms with van der Waals surface area (Å²) >= 11 is 0. The van der Waals surface area contributed by atoms with Crippen molar-refractivity contribution in [3.8, 4) is 5.88 Å². The van der Waals surface area contributed by atoms with Crippen LogP contribution in [0, 0.1) is 0 Å². The number of carbonyl (C=O) groups excluding carboxylic acids is 1. The number of hydrogen-bond donors (Lipinski definition) is 1. The van der Waals surface area contributed by atoms with E-state index in [0.717, 1.165) is 25.0 Å². The molecule has 1 aromatic carbocycles. The van der Waals surface area contributed by atoms with Crippen LogP contribution in [0.2, 0.25) is 0 Å². The SMILES string of the molecule is O=C(NCC1CCCO1)c1cc(OCc2ccccc2)ncn1. The van der Waals surface area contributed by atoms with Gasteiger partial charge in [-0.25, -0.2) is 9.97 Å². The van der Waals surface area contributed by atoms with Crippen molar-refractivity contribution in [1.82, 2.24) is 15.3 Å². The first-order valence-corrected chi connectivity index (χ1v) is 7.70. The second-order valence-corrected chi connectivity index (χ2v) is 5.36. The van der Waals surface area contributed by atoms with Crippen molar-refractivity contribution in [1.29, 1.82) is 0 Å². The Labute approximate surface area is 134 Å². The van der Waals surface area contributed by atoms with Crippen LogP contribution < -0.4 is 10.1 Å². The van der Waals surface area contributed by atoms with Crippen LogP contribution in [-0.2, 0) is 11.3 Å². The van der Waals surface area contributed by atoms with Gasteiger partial charge in [-0.2, -0.15) is 0 Å². The predicted octanol–water partition coefficient (Wildman–Crippen LogP) is 1.96. The van der Waals surface area contributed by atoms with Gasteiger partial charge in [0.2, 0.25) is 5.88 Å². The zero-order chi connectivity index (χ0) is 15.9. The van der Waals surface area contributed by atoms with Gasteiger partial charge in [0.15, 0.2) is 0 Å². The molecule has 2 aromatic rings. The Morgan fingerprint density at radius 2 is 2.17 bits per heavy atom. The molecule has 0 aliphatic carbocycles. The third-order valence-corrected chi connectivity index (χ3v) is 3.62. The van der Waals surface area contributed by atoms with E-state index in [1.54, 1.807) is 6.07 Å². The van der Waals surface area contributed by atoms with E-state index >= 15 is 0 Å². The number of nitrogens with zero attached hydrogens (tertiary/aromatic N) is 2. The Hall–Kier alpha value is -2.47. The molecule has 1 N–H and O–H groups in total. The van der Waals surface area contributed by atoms with Gasteiger partial charge in [0, 0.05) is 19.2 Å². The van der Waals surface area contributed by atoms with Gasteiger partial charge in [-0.3, -0.25) is 4.79 Å². The normalized spacial score (nSPS) is 17.0. The van der Waals surface area contributed by atoms with Crippen LogP contribution in [0.1, 0.15) is 28.9 Å².